The second kappa shape index (κ2) is 8.48. The Morgan fingerprint density at radius 1 is 1.22 bits per heavy atom. The third-order valence-electron chi connectivity index (χ3n) is 3.99. The number of ether oxygens (including phenoxy) is 2. The summed E-state index contributed by atoms with van der Waals surface area (Å²) < 4.78 is 10.1. The highest BCUT2D eigenvalue weighted by Gasteiger charge is 2.25. The summed E-state index contributed by atoms with van der Waals surface area (Å²) in [6.45, 7) is 3.45. The minimum absolute atomic E-state index is 0.0889. The van der Waals surface area contributed by atoms with Crippen molar-refractivity contribution in [3.05, 3.63) is 0 Å². The van der Waals surface area contributed by atoms with Crippen LogP contribution in [-0.2, 0) is 14.3 Å². The topological polar surface area (TPSA) is 38.8 Å². The zero-order valence-corrected chi connectivity index (χ0v) is 12.0. The highest BCUT2D eigenvalue weighted by Crippen LogP contribution is 2.28. The van der Waals surface area contributed by atoms with Gasteiger partial charge in [0.05, 0.1) is 13.2 Å². The summed E-state index contributed by atoms with van der Waals surface area (Å²) in [5, 5.41) is 0. The Bertz CT molecular complexity index is 237. The third-order valence-corrected chi connectivity index (χ3v) is 3.99. The molecule has 0 N–H and O–H groups in total. The van der Waals surface area contributed by atoms with Crippen molar-refractivity contribution in [2.24, 2.45) is 5.92 Å². The van der Waals surface area contributed by atoms with Gasteiger partial charge in [-0.05, 0) is 31.6 Å². The number of nitrogens with zero attached hydrogens (tertiary/aromatic N) is 1. The van der Waals surface area contributed by atoms with Gasteiger partial charge in [-0.1, -0.05) is 13.3 Å². The maximum Gasteiger partial charge on any atom is 0.248 e. The van der Waals surface area contributed by atoms with Crippen LogP contribution >= 0.6 is 0 Å². The van der Waals surface area contributed by atoms with E-state index in [1.165, 1.54) is 19.3 Å². The number of hydrogen-bond acceptors (Lipinski definition) is 3. The van der Waals surface area contributed by atoms with Crippen molar-refractivity contribution in [1.82, 2.24) is 4.90 Å². The lowest BCUT2D eigenvalue weighted by molar-refractivity contribution is -0.138. The molecule has 4 nitrogen and oxygen atoms in total. The fraction of sp³-hybridized carbons (Fsp3) is 0.929. The fourth-order valence-corrected chi connectivity index (χ4v) is 2.55. The van der Waals surface area contributed by atoms with E-state index < -0.39 is 0 Å². The zero-order valence-electron chi connectivity index (χ0n) is 12.0. The van der Waals surface area contributed by atoms with Crippen LogP contribution in [0.15, 0.2) is 0 Å². The molecular weight excluding hydrogens is 230 g/mol. The lowest BCUT2D eigenvalue weighted by Crippen LogP contribution is -2.41. The molecular formula is C14H27NO3. The van der Waals surface area contributed by atoms with E-state index in [0.717, 1.165) is 18.8 Å². The minimum Gasteiger partial charge on any atom is -0.382 e. The van der Waals surface area contributed by atoms with Crippen LogP contribution < -0.4 is 0 Å². The molecule has 0 aromatic rings. The van der Waals surface area contributed by atoms with Crippen LogP contribution in [0.5, 0.6) is 0 Å². The van der Waals surface area contributed by atoms with Crippen molar-refractivity contribution < 1.29 is 14.3 Å². The van der Waals surface area contributed by atoms with E-state index in [1.807, 2.05) is 11.9 Å². The summed E-state index contributed by atoms with van der Waals surface area (Å²) in [7, 11) is 3.53. The molecule has 0 saturated heterocycles. The number of carbonyl (C=O) groups is 1. The molecule has 0 atom stereocenters. The first-order chi connectivity index (χ1) is 8.69. The highest BCUT2D eigenvalue weighted by atomic mass is 16.5. The molecule has 0 bridgehead atoms. The van der Waals surface area contributed by atoms with Crippen LogP contribution in [0.25, 0.3) is 0 Å². The first kappa shape index (κ1) is 15.4. The molecule has 1 aliphatic carbocycles. The number of likely N-dealkylation sites (N-methyl/N-ethyl adjacent to an activating group) is 1. The van der Waals surface area contributed by atoms with E-state index in [9.17, 15) is 4.79 Å². The maximum atomic E-state index is 11.9. The van der Waals surface area contributed by atoms with Gasteiger partial charge in [0.15, 0.2) is 0 Å². The molecule has 1 saturated carbocycles. The molecule has 1 amide bonds. The molecule has 1 fully saturated rings. The third kappa shape index (κ3) is 4.94. The molecule has 0 aromatic carbocycles. The summed E-state index contributed by atoms with van der Waals surface area (Å²) in [4.78, 5) is 13.8. The lowest BCUT2D eigenvalue weighted by atomic mass is 9.84. The van der Waals surface area contributed by atoms with Gasteiger partial charge in [0.25, 0.3) is 0 Å². The van der Waals surface area contributed by atoms with Crippen LogP contribution in [0.4, 0.5) is 0 Å². The molecule has 0 unspecified atom stereocenters. The molecule has 106 valence electrons. The van der Waals surface area contributed by atoms with Gasteiger partial charge in [-0.25, -0.2) is 0 Å². The first-order valence-electron chi connectivity index (χ1n) is 7.01. The molecule has 0 heterocycles. The van der Waals surface area contributed by atoms with Crippen LogP contribution in [-0.4, -0.2) is 50.8 Å². The SMILES string of the molecule is CCC1CCC(N(C)C(=O)COCCOC)CC1. The molecule has 1 aliphatic rings. The summed E-state index contributed by atoms with van der Waals surface area (Å²) in [6, 6.07) is 0.409. The van der Waals surface area contributed by atoms with Crippen LogP contribution in [0.3, 0.4) is 0 Å². The van der Waals surface area contributed by atoms with Crippen molar-refractivity contribution in [3.8, 4) is 0 Å². The molecule has 0 aromatic heterocycles. The van der Waals surface area contributed by atoms with Crippen LogP contribution in [0, 0.1) is 5.92 Å². The average Bonchev–Trinajstić information content (AvgIpc) is 2.42. The van der Waals surface area contributed by atoms with Crippen molar-refractivity contribution in [3.63, 3.8) is 0 Å². The fourth-order valence-electron chi connectivity index (χ4n) is 2.55. The normalized spacial score (nSPS) is 23.9. The summed E-state index contributed by atoms with van der Waals surface area (Å²) in [5.41, 5.74) is 0. The summed E-state index contributed by atoms with van der Waals surface area (Å²) >= 11 is 0. The van der Waals surface area contributed by atoms with Crippen LogP contribution in [0.1, 0.15) is 39.0 Å². The Kier molecular flexibility index (Phi) is 7.28. The molecule has 1 rings (SSSR count). The van der Waals surface area contributed by atoms with E-state index in [-0.39, 0.29) is 12.5 Å². The smallest absolute Gasteiger partial charge is 0.248 e. The summed E-state index contributed by atoms with van der Waals surface area (Å²) in [5.74, 6) is 0.953. The van der Waals surface area contributed by atoms with E-state index >= 15 is 0 Å². The predicted molar refractivity (Wildman–Crippen MR) is 71.5 cm³/mol. The Balaban J connectivity index is 2.22. The Morgan fingerprint density at radius 2 is 1.89 bits per heavy atom. The lowest BCUT2D eigenvalue weighted by Gasteiger charge is -2.34. The van der Waals surface area contributed by atoms with E-state index in [4.69, 9.17) is 9.47 Å². The Labute approximate surface area is 111 Å². The van der Waals surface area contributed by atoms with Gasteiger partial charge in [-0.15, -0.1) is 0 Å². The maximum absolute atomic E-state index is 11.9. The number of rotatable bonds is 7. The van der Waals surface area contributed by atoms with Gasteiger partial charge in [-0.3, -0.25) is 4.79 Å². The number of carbonyl (C=O) groups excluding carboxylic acids is 1. The van der Waals surface area contributed by atoms with Crippen molar-refractivity contribution in [2.75, 3.05) is 34.0 Å². The quantitative estimate of drug-likeness (QED) is 0.655. The number of methoxy groups -OCH3 is 1. The Morgan fingerprint density at radius 3 is 2.44 bits per heavy atom. The predicted octanol–water partition coefficient (Wildman–Crippen LogP) is 2.08. The molecule has 4 heteroatoms. The van der Waals surface area contributed by atoms with Gasteiger partial charge >= 0.3 is 0 Å². The zero-order chi connectivity index (χ0) is 13.4. The van der Waals surface area contributed by atoms with E-state index in [2.05, 4.69) is 6.92 Å². The Hall–Kier alpha value is -0.610. The second-order valence-corrected chi connectivity index (χ2v) is 5.13. The standard InChI is InChI=1S/C14H27NO3/c1-4-12-5-7-13(8-6-12)15(2)14(16)11-18-10-9-17-3/h12-13H,4-11H2,1-3H3. The number of hydrogen-bond donors (Lipinski definition) is 0. The van der Waals surface area contributed by atoms with Crippen molar-refractivity contribution >= 4 is 5.91 Å². The van der Waals surface area contributed by atoms with E-state index in [0.29, 0.717) is 19.3 Å². The van der Waals surface area contributed by atoms with Gasteiger partial charge in [-0.2, -0.15) is 0 Å². The van der Waals surface area contributed by atoms with Crippen molar-refractivity contribution in [1.29, 1.82) is 0 Å². The number of amides is 1. The van der Waals surface area contributed by atoms with Crippen LogP contribution in [0.2, 0.25) is 0 Å². The van der Waals surface area contributed by atoms with Gasteiger partial charge < -0.3 is 14.4 Å². The second-order valence-electron chi connectivity index (χ2n) is 5.13. The monoisotopic (exact) mass is 257 g/mol. The minimum atomic E-state index is 0.0889. The average molecular weight is 257 g/mol. The molecule has 0 aliphatic heterocycles. The van der Waals surface area contributed by atoms with Crippen molar-refractivity contribution in [2.45, 2.75) is 45.1 Å². The summed E-state index contributed by atoms with van der Waals surface area (Å²) in [6.07, 6.45) is 6.05. The van der Waals surface area contributed by atoms with Gasteiger partial charge in [0, 0.05) is 20.2 Å². The first-order valence-corrected chi connectivity index (χ1v) is 7.01. The molecule has 0 spiro atoms. The molecule has 0 radical (unpaired) electrons. The largest absolute Gasteiger partial charge is 0.382 e. The van der Waals surface area contributed by atoms with E-state index in [1.54, 1.807) is 7.11 Å². The molecule has 18 heavy (non-hydrogen) atoms. The van der Waals surface area contributed by atoms with Gasteiger partial charge in [0.1, 0.15) is 6.61 Å². The van der Waals surface area contributed by atoms with Gasteiger partial charge in [0.2, 0.25) is 5.91 Å². The highest BCUT2D eigenvalue weighted by molar-refractivity contribution is 5.77.